The monoisotopic (exact) mass is 209 g/mol. The third-order valence-corrected chi connectivity index (χ3v) is 3.13. The molecule has 0 bridgehead atoms. The van der Waals surface area contributed by atoms with E-state index in [1.807, 2.05) is 6.20 Å². The zero-order chi connectivity index (χ0) is 10.7. The van der Waals surface area contributed by atoms with Gasteiger partial charge in [0.25, 0.3) is 0 Å². The van der Waals surface area contributed by atoms with Crippen LogP contribution in [0.1, 0.15) is 30.1 Å². The second-order valence-corrected chi connectivity index (χ2v) is 4.17. The van der Waals surface area contributed by atoms with Crippen molar-refractivity contribution >= 4 is 0 Å². The van der Waals surface area contributed by atoms with Crippen LogP contribution in [0.5, 0.6) is 0 Å². The highest BCUT2D eigenvalue weighted by Gasteiger charge is 2.19. The summed E-state index contributed by atoms with van der Waals surface area (Å²) in [6.07, 6.45) is 4.88. The van der Waals surface area contributed by atoms with Gasteiger partial charge in [0, 0.05) is 18.8 Å². The second-order valence-electron chi connectivity index (χ2n) is 4.17. The molecular formula is C11H19N3O. The molecule has 84 valence electrons. The largest absolute Gasteiger partial charge is 0.396 e. The molecule has 1 saturated heterocycles. The molecular weight excluding hydrogens is 190 g/mol. The summed E-state index contributed by atoms with van der Waals surface area (Å²) >= 11 is 0. The van der Waals surface area contributed by atoms with Crippen LogP contribution in [0.3, 0.4) is 0 Å². The number of aryl methyl sites for hydroxylation is 1. The molecule has 1 atom stereocenters. The summed E-state index contributed by atoms with van der Waals surface area (Å²) in [4.78, 5) is 0. The predicted molar refractivity (Wildman–Crippen MR) is 58.9 cm³/mol. The van der Waals surface area contributed by atoms with Crippen molar-refractivity contribution in [1.29, 1.82) is 0 Å². The van der Waals surface area contributed by atoms with Crippen LogP contribution in [-0.4, -0.2) is 34.6 Å². The molecule has 2 N–H and O–H groups in total. The molecule has 1 aromatic heterocycles. The molecule has 0 aromatic carbocycles. The molecule has 1 fully saturated rings. The Balaban J connectivity index is 2.08. The van der Waals surface area contributed by atoms with Gasteiger partial charge in [-0.2, -0.15) is 5.10 Å². The normalized spacial score (nSPS) is 21.1. The van der Waals surface area contributed by atoms with Crippen molar-refractivity contribution in [3.8, 4) is 0 Å². The van der Waals surface area contributed by atoms with Gasteiger partial charge < -0.3 is 10.4 Å². The molecule has 0 spiro atoms. The van der Waals surface area contributed by atoms with E-state index in [1.54, 1.807) is 0 Å². The number of nitrogens with one attached hydrogen (secondary N) is 1. The summed E-state index contributed by atoms with van der Waals surface area (Å²) in [7, 11) is 0. The molecule has 1 aliphatic heterocycles. The van der Waals surface area contributed by atoms with E-state index in [0.717, 1.165) is 25.9 Å². The minimum atomic E-state index is 0.260. The Kier molecular flexibility index (Phi) is 3.38. The minimum absolute atomic E-state index is 0.260. The van der Waals surface area contributed by atoms with Gasteiger partial charge in [-0.15, -0.1) is 0 Å². The van der Waals surface area contributed by atoms with Crippen LogP contribution in [0.15, 0.2) is 6.20 Å². The van der Waals surface area contributed by atoms with Crippen LogP contribution in [-0.2, 0) is 6.42 Å². The van der Waals surface area contributed by atoms with E-state index in [0.29, 0.717) is 6.04 Å². The van der Waals surface area contributed by atoms with E-state index in [4.69, 9.17) is 5.11 Å². The van der Waals surface area contributed by atoms with E-state index in [1.165, 1.54) is 17.7 Å². The standard InChI is InChI=1S/C11H19N3O/c1-9-10(3-2-6-15)7-13-14(9)11-4-5-12-8-11/h7,11-12,15H,2-6,8H2,1H3. The highest BCUT2D eigenvalue weighted by molar-refractivity contribution is 5.17. The van der Waals surface area contributed by atoms with E-state index >= 15 is 0 Å². The summed E-state index contributed by atoms with van der Waals surface area (Å²) in [5.41, 5.74) is 2.54. The fourth-order valence-electron chi connectivity index (χ4n) is 2.19. The Hall–Kier alpha value is -0.870. The Labute approximate surface area is 90.3 Å². The lowest BCUT2D eigenvalue weighted by Gasteiger charge is -2.11. The Morgan fingerprint density at radius 3 is 3.20 bits per heavy atom. The number of aliphatic hydroxyl groups excluding tert-OH is 1. The number of hydrogen-bond acceptors (Lipinski definition) is 3. The Morgan fingerprint density at radius 2 is 2.53 bits per heavy atom. The van der Waals surface area contributed by atoms with Gasteiger partial charge in [-0.05, 0) is 38.3 Å². The number of rotatable bonds is 4. The van der Waals surface area contributed by atoms with E-state index in [-0.39, 0.29) is 6.61 Å². The van der Waals surface area contributed by atoms with Gasteiger partial charge in [0.05, 0.1) is 12.2 Å². The summed E-state index contributed by atoms with van der Waals surface area (Å²) in [5, 5.41) is 16.6. The maximum absolute atomic E-state index is 8.80. The average molecular weight is 209 g/mol. The van der Waals surface area contributed by atoms with E-state index in [2.05, 4.69) is 22.0 Å². The molecule has 1 unspecified atom stereocenters. The fourth-order valence-corrected chi connectivity index (χ4v) is 2.19. The van der Waals surface area contributed by atoms with Gasteiger partial charge in [0.1, 0.15) is 0 Å². The molecule has 0 amide bonds. The Morgan fingerprint density at radius 1 is 1.67 bits per heavy atom. The quantitative estimate of drug-likeness (QED) is 0.765. The summed E-state index contributed by atoms with van der Waals surface area (Å²) in [6.45, 7) is 4.51. The van der Waals surface area contributed by atoms with Crippen LogP contribution in [0.25, 0.3) is 0 Å². The van der Waals surface area contributed by atoms with Crippen molar-refractivity contribution in [2.75, 3.05) is 19.7 Å². The first kappa shape index (κ1) is 10.6. The second kappa shape index (κ2) is 4.77. The van der Waals surface area contributed by atoms with Gasteiger partial charge in [0.2, 0.25) is 0 Å². The number of aliphatic hydroxyl groups is 1. The molecule has 15 heavy (non-hydrogen) atoms. The van der Waals surface area contributed by atoms with Crippen LogP contribution >= 0.6 is 0 Å². The average Bonchev–Trinajstić information content (AvgIpc) is 2.84. The van der Waals surface area contributed by atoms with Gasteiger partial charge in [-0.25, -0.2) is 0 Å². The molecule has 0 aliphatic carbocycles. The first-order valence-electron chi connectivity index (χ1n) is 5.67. The van der Waals surface area contributed by atoms with Crippen LogP contribution in [0.4, 0.5) is 0 Å². The van der Waals surface area contributed by atoms with Crippen LogP contribution in [0, 0.1) is 6.92 Å². The zero-order valence-corrected chi connectivity index (χ0v) is 9.24. The van der Waals surface area contributed by atoms with Crippen LogP contribution < -0.4 is 5.32 Å². The Bertz CT molecular complexity index is 316. The summed E-state index contributed by atoms with van der Waals surface area (Å²) < 4.78 is 2.13. The molecule has 1 aromatic rings. The lowest BCUT2D eigenvalue weighted by Crippen LogP contribution is -2.15. The van der Waals surface area contributed by atoms with Crippen molar-refractivity contribution < 1.29 is 5.11 Å². The number of nitrogens with zero attached hydrogens (tertiary/aromatic N) is 2. The fraction of sp³-hybridized carbons (Fsp3) is 0.727. The molecule has 4 nitrogen and oxygen atoms in total. The molecule has 2 rings (SSSR count). The minimum Gasteiger partial charge on any atom is -0.396 e. The van der Waals surface area contributed by atoms with Gasteiger partial charge in [-0.3, -0.25) is 4.68 Å². The van der Waals surface area contributed by atoms with Gasteiger partial charge in [-0.1, -0.05) is 0 Å². The first-order valence-corrected chi connectivity index (χ1v) is 5.67. The van der Waals surface area contributed by atoms with Crippen molar-refractivity contribution in [3.05, 3.63) is 17.5 Å². The third-order valence-electron chi connectivity index (χ3n) is 3.13. The SMILES string of the molecule is Cc1c(CCCO)cnn1C1CCNC1. The maximum Gasteiger partial charge on any atom is 0.0658 e. The molecule has 0 saturated carbocycles. The van der Waals surface area contributed by atoms with E-state index in [9.17, 15) is 0 Å². The third kappa shape index (κ3) is 2.21. The lowest BCUT2D eigenvalue weighted by atomic mass is 10.1. The molecule has 2 heterocycles. The highest BCUT2D eigenvalue weighted by Crippen LogP contribution is 2.19. The zero-order valence-electron chi connectivity index (χ0n) is 9.24. The smallest absolute Gasteiger partial charge is 0.0658 e. The summed E-state index contributed by atoms with van der Waals surface area (Å²) in [6, 6.07) is 0.521. The maximum atomic E-state index is 8.80. The van der Waals surface area contributed by atoms with Crippen LogP contribution in [0.2, 0.25) is 0 Å². The van der Waals surface area contributed by atoms with Crippen molar-refractivity contribution in [2.45, 2.75) is 32.2 Å². The van der Waals surface area contributed by atoms with Gasteiger partial charge >= 0.3 is 0 Å². The lowest BCUT2D eigenvalue weighted by molar-refractivity contribution is 0.288. The van der Waals surface area contributed by atoms with Crippen molar-refractivity contribution in [1.82, 2.24) is 15.1 Å². The predicted octanol–water partition coefficient (Wildman–Crippen LogP) is 0.651. The topological polar surface area (TPSA) is 50.1 Å². The van der Waals surface area contributed by atoms with Crippen molar-refractivity contribution in [2.24, 2.45) is 0 Å². The molecule has 1 aliphatic rings. The molecule has 4 heteroatoms. The first-order chi connectivity index (χ1) is 7.33. The van der Waals surface area contributed by atoms with Gasteiger partial charge in [0.15, 0.2) is 0 Å². The van der Waals surface area contributed by atoms with E-state index < -0.39 is 0 Å². The number of aromatic nitrogens is 2. The number of hydrogen-bond donors (Lipinski definition) is 2. The summed E-state index contributed by atoms with van der Waals surface area (Å²) in [5.74, 6) is 0. The highest BCUT2D eigenvalue weighted by atomic mass is 16.2. The molecule has 0 radical (unpaired) electrons. The van der Waals surface area contributed by atoms with Crippen molar-refractivity contribution in [3.63, 3.8) is 0 Å².